The molecule has 0 radical (unpaired) electrons. The van der Waals surface area contributed by atoms with Gasteiger partial charge < -0.3 is 9.80 Å². The minimum atomic E-state index is 0.463. The molecule has 1 rings (SSSR count). The van der Waals surface area contributed by atoms with Crippen molar-refractivity contribution < 1.29 is 0 Å². The first-order chi connectivity index (χ1) is 7.36. The number of hydrogen-bond donors (Lipinski definition) is 0. The Labute approximate surface area is 108 Å². The van der Waals surface area contributed by atoms with Crippen LogP contribution in [0.25, 0.3) is 0 Å². The Morgan fingerprint density at radius 2 is 1.69 bits per heavy atom. The summed E-state index contributed by atoms with van der Waals surface area (Å²) in [5.41, 5.74) is 1.41. The van der Waals surface area contributed by atoms with E-state index in [1.807, 2.05) is 0 Å². The molecule has 0 aromatic heterocycles. The summed E-state index contributed by atoms with van der Waals surface area (Å²) in [5, 5.41) is 0. The predicted molar refractivity (Wildman–Crippen MR) is 74.9 cm³/mol. The quantitative estimate of drug-likeness (QED) is 0.784. The third-order valence-electron chi connectivity index (χ3n) is 3.61. The average Bonchev–Trinajstić information content (AvgIpc) is 2.57. The fourth-order valence-electron chi connectivity index (χ4n) is 1.87. The maximum Gasteiger partial charge on any atom is 0.0321 e. The molecule has 3 unspecified atom stereocenters. The highest BCUT2D eigenvalue weighted by molar-refractivity contribution is 9.11. The molecule has 3 heteroatoms. The molecule has 0 N–H and O–H groups in total. The van der Waals surface area contributed by atoms with Gasteiger partial charge in [-0.15, -0.1) is 0 Å². The smallest absolute Gasteiger partial charge is 0.0321 e. The molecule has 2 nitrogen and oxygen atoms in total. The van der Waals surface area contributed by atoms with Crippen LogP contribution in [0.5, 0.6) is 0 Å². The Balaban J connectivity index is 2.87. The van der Waals surface area contributed by atoms with E-state index in [-0.39, 0.29) is 0 Å². The van der Waals surface area contributed by atoms with Gasteiger partial charge in [0.1, 0.15) is 0 Å². The van der Waals surface area contributed by atoms with Gasteiger partial charge in [0.05, 0.1) is 0 Å². The Hall–Kier alpha value is -0.120. The first-order valence-corrected chi connectivity index (χ1v) is 6.56. The van der Waals surface area contributed by atoms with E-state index in [9.17, 15) is 0 Å². The molecule has 0 saturated heterocycles. The number of nitrogens with zero attached hydrogens (tertiary/aromatic N) is 2. The molecule has 0 saturated carbocycles. The van der Waals surface area contributed by atoms with Crippen LogP contribution in [0.3, 0.4) is 0 Å². The van der Waals surface area contributed by atoms with Crippen molar-refractivity contribution in [2.24, 2.45) is 5.92 Å². The van der Waals surface area contributed by atoms with E-state index in [1.54, 1.807) is 0 Å². The van der Waals surface area contributed by atoms with Crippen molar-refractivity contribution in [3.63, 3.8) is 0 Å². The van der Waals surface area contributed by atoms with E-state index < -0.39 is 0 Å². The van der Waals surface area contributed by atoms with Crippen molar-refractivity contribution in [2.45, 2.75) is 25.9 Å². The second-order valence-corrected chi connectivity index (χ2v) is 5.89. The van der Waals surface area contributed by atoms with E-state index in [4.69, 9.17) is 0 Å². The molecule has 1 aliphatic rings. The summed E-state index contributed by atoms with van der Waals surface area (Å²) in [6, 6.07) is 0.988. The van der Waals surface area contributed by atoms with Gasteiger partial charge in [-0.3, -0.25) is 0 Å². The average molecular weight is 287 g/mol. The fourth-order valence-corrected chi connectivity index (χ4v) is 2.87. The van der Waals surface area contributed by atoms with Gasteiger partial charge in [-0.1, -0.05) is 28.1 Å². The van der Waals surface area contributed by atoms with Crippen molar-refractivity contribution in [2.75, 3.05) is 28.2 Å². The Kier molecular flexibility index (Phi) is 4.77. The van der Waals surface area contributed by atoms with E-state index in [2.05, 4.69) is 79.9 Å². The van der Waals surface area contributed by atoms with Gasteiger partial charge in [-0.2, -0.15) is 0 Å². The predicted octanol–water partition coefficient (Wildman–Crippen LogP) is 2.72. The van der Waals surface area contributed by atoms with Crippen LogP contribution in [0.4, 0.5) is 0 Å². The summed E-state index contributed by atoms with van der Waals surface area (Å²) in [5.74, 6) is 0.493. The van der Waals surface area contributed by atoms with Gasteiger partial charge in [0, 0.05) is 22.5 Å². The Morgan fingerprint density at radius 1 is 1.12 bits per heavy atom. The summed E-state index contributed by atoms with van der Waals surface area (Å²) in [6.07, 6.45) is 4.57. The van der Waals surface area contributed by atoms with Crippen molar-refractivity contribution in [1.29, 1.82) is 0 Å². The third-order valence-corrected chi connectivity index (χ3v) is 4.60. The zero-order chi connectivity index (χ0) is 12.5. The summed E-state index contributed by atoms with van der Waals surface area (Å²) in [7, 11) is 8.50. The Morgan fingerprint density at radius 3 is 2.12 bits per heavy atom. The zero-order valence-corrected chi connectivity index (χ0v) is 12.7. The van der Waals surface area contributed by atoms with Crippen molar-refractivity contribution >= 4 is 15.9 Å². The highest BCUT2D eigenvalue weighted by atomic mass is 79.9. The molecule has 0 fully saturated rings. The van der Waals surface area contributed by atoms with Gasteiger partial charge >= 0.3 is 0 Å². The molecule has 0 spiro atoms. The fraction of sp³-hybridized carbons (Fsp3) is 0.692. The molecule has 3 atom stereocenters. The lowest BCUT2D eigenvalue weighted by Gasteiger charge is -2.27. The zero-order valence-electron chi connectivity index (χ0n) is 11.2. The molecule has 0 amide bonds. The summed E-state index contributed by atoms with van der Waals surface area (Å²) in [6.45, 7) is 4.50. The van der Waals surface area contributed by atoms with Gasteiger partial charge in [0.15, 0.2) is 0 Å². The van der Waals surface area contributed by atoms with Gasteiger partial charge in [0.25, 0.3) is 0 Å². The van der Waals surface area contributed by atoms with E-state index in [0.717, 1.165) is 0 Å². The summed E-state index contributed by atoms with van der Waals surface area (Å²) in [4.78, 5) is 4.50. The van der Waals surface area contributed by atoms with Crippen LogP contribution < -0.4 is 0 Å². The molecule has 0 heterocycles. The second kappa shape index (κ2) is 5.48. The van der Waals surface area contributed by atoms with Crippen molar-refractivity contribution in [3.05, 3.63) is 22.2 Å². The SMILES string of the molecule is CC(C1=C(Br)C(C(C)N(C)C)C=C1)N(C)C. The molecule has 16 heavy (non-hydrogen) atoms. The maximum atomic E-state index is 3.77. The standard InChI is InChI=1S/C13H23BrN2/c1-9(15(3)4)11-7-8-12(13(11)14)10(2)16(5)6/h7-11H,1-6H3. The Bertz CT molecular complexity index is 305. The van der Waals surface area contributed by atoms with Gasteiger partial charge in [-0.05, 0) is 47.6 Å². The number of hydrogen-bond acceptors (Lipinski definition) is 2. The van der Waals surface area contributed by atoms with Crippen molar-refractivity contribution in [1.82, 2.24) is 9.80 Å². The minimum absolute atomic E-state index is 0.463. The monoisotopic (exact) mass is 286 g/mol. The lowest BCUT2D eigenvalue weighted by Crippen LogP contribution is -2.32. The topological polar surface area (TPSA) is 6.48 Å². The summed E-state index contributed by atoms with van der Waals surface area (Å²) >= 11 is 3.77. The lowest BCUT2D eigenvalue weighted by atomic mass is 10.0. The van der Waals surface area contributed by atoms with Gasteiger partial charge in [-0.25, -0.2) is 0 Å². The first-order valence-electron chi connectivity index (χ1n) is 5.76. The van der Waals surface area contributed by atoms with Crippen LogP contribution in [-0.4, -0.2) is 50.1 Å². The molecular formula is C13H23BrN2. The highest BCUT2D eigenvalue weighted by Gasteiger charge is 2.27. The number of rotatable bonds is 4. The minimum Gasteiger partial charge on any atom is -0.306 e. The molecule has 92 valence electrons. The van der Waals surface area contributed by atoms with Crippen LogP contribution in [0.1, 0.15) is 13.8 Å². The highest BCUT2D eigenvalue weighted by Crippen LogP contribution is 2.36. The van der Waals surface area contributed by atoms with Crippen LogP contribution in [0, 0.1) is 5.92 Å². The normalized spacial score (nSPS) is 24.7. The lowest BCUT2D eigenvalue weighted by molar-refractivity contribution is 0.280. The van der Waals surface area contributed by atoms with Crippen LogP contribution in [-0.2, 0) is 0 Å². The van der Waals surface area contributed by atoms with Crippen LogP contribution in [0.2, 0.25) is 0 Å². The molecular weight excluding hydrogens is 264 g/mol. The molecule has 0 aliphatic heterocycles. The van der Waals surface area contributed by atoms with Crippen molar-refractivity contribution in [3.8, 4) is 0 Å². The van der Waals surface area contributed by atoms with E-state index in [0.29, 0.717) is 18.0 Å². The van der Waals surface area contributed by atoms with Crippen LogP contribution in [0.15, 0.2) is 22.2 Å². The first kappa shape index (κ1) is 13.9. The van der Waals surface area contributed by atoms with E-state index in [1.165, 1.54) is 10.1 Å². The summed E-state index contributed by atoms with van der Waals surface area (Å²) < 4.78 is 1.34. The number of likely N-dealkylation sites (N-methyl/N-ethyl adjacent to an activating group) is 1. The largest absolute Gasteiger partial charge is 0.306 e. The third kappa shape index (κ3) is 2.76. The molecule has 0 aromatic rings. The molecule has 0 aromatic carbocycles. The van der Waals surface area contributed by atoms with Gasteiger partial charge in [0.2, 0.25) is 0 Å². The molecule has 1 aliphatic carbocycles. The number of halogens is 1. The van der Waals surface area contributed by atoms with Crippen LogP contribution >= 0.6 is 15.9 Å². The second-order valence-electron chi connectivity index (χ2n) is 5.03. The molecule has 0 bridgehead atoms. The maximum absolute atomic E-state index is 3.77. The van der Waals surface area contributed by atoms with E-state index >= 15 is 0 Å².